The SMILES string of the molecule is O=Cc1csc(Cn2cncn2)n1. The Hall–Kier alpha value is -1.56. The Morgan fingerprint density at radius 2 is 2.54 bits per heavy atom. The second kappa shape index (κ2) is 3.44. The van der Waals surface area contributed by atoms with Gasteiger partial charge in [-0.2, -0.15) is 5.10 Å². The van der Waals surface area contributed by atoms with Crippen LogP contribution in [0.5, 0.6) is 0 Å². The maximum Gasteiger partial charge on any atom is 0.169 e. The lowest BCUT2D eigenvalue weighted by Gasteiger charge is -1.93. The Bertz CT molecular complexity index is 394. The Balaban J connectivity index is 2.14. The van der Waals surface area contributed by atoms with E-state index in [1.54, 1.807) is 16.4 Å². The molecule has 0 aliphatic heterocycles. The summed E-state index contributed by atoms with van der Waals surface area (Å²) in [5.41, 5.74) is 0.472. The third kappa shape index (κ3) is 1.78. The van der Waals surface area contributed by atoms with Crippen molar-refractivity contribution in [2.45, 2.75) is 6.54 Å². The van der Waals surface area contributed by atoms with Gasteiger partial charge in [0.2, 0.25) is 0 Å². The first-order valence-corrected chi connectivity index (χ1v) is 4.48. The molecule has 0 radical (unpaired) electrons. The van der Waals surface area contributed by atoms with Gasteiger partial charge in [0, 0.05) is 5.38 Å². The van der Waals surface area contributed by atoms with Gasteiger partial charge in [0.1, 0.15) is 23.4 Å². The van der Waals surface area contributed by atoms with Crippen molar-refractivity contribution in [2.75, 3.05) is 0 Å². The molecule has 0 saturated carbocycles. The van der Waals surface area contributed by atoms with Gasteiger partial charge in [0.05, 0.1) is 6.54 Å². The van der Waals surface area contributed by atoms with Gasteiger partial charge in [-0.1, -0.05) is 0 Å². The molecule has 0 amide bonds. The molecule has 5 nitrogen and oxygen atoms in total. The van der Waals surface area contributed by atoms with Crippen LogP contribution < -0.4 is 0 Å². The van der Waals surface area contributed by atoms with Gasteiger partial charge in [-0.05, 0) is 0 Å². The molecular formula is C7H6N4OS. The van der Waals surface area contributed by atoms with Crippen molar-refractivity contribution in [2.24, 2.45) is 0 Å². The van der Waals surface area contributed by atoms with Gasteiger partial charge >= 0.3 is 0 Å². The molecule has 13 heavy (non-hydrogen) atoms. The average Bonchev–Trinajstić information content (AvgIpc) is 2.76. The largest absolute Gasteiger partial charge is 0.296 e. The average molecular weight is 194 g/mol. The molecule has 66 valence electrons. The molecule has 0 aromatic carbocycles. The van der Waals surface area contributed by atoms with Crippen LogP contribution in [0.2, 0.25) is 0 Å². The predicted octanol–water partition coefficient (Wildman–Crippen LogP) is 0.595. The standard InChI is InChI=1S/C7H6N4OS/c12-2-6-3-13-7(10-6)1-11-5-8-4-9-11/h2-5H,1H2. The quantitative estimate of drug-likeness (QED) is 0.671. The number of aromatic nitrogens is 4. The minimum absolute atomic E-state index is 0.472. The topological polar surface area (TPSA) is 60.7 Å². The molecule has 0 aliphatic rings. The summed E-state index contributed by atoms with van der Waals surface area (Å²) in [6.45, 7) is 0.568. The molecule has 2 rings (SSSR count). The van der Waals surface area contributed by atoms with Crippen LogP contribution in [0.25, 0.3) is 0 Å². The molecule has 0 saturated heterocycles. The lowest BCUT2D eigenvalue weighted by Crippen LogP contribution is -1.99. The molecule has 2 aromatic rings. The van der Waals surface area contributed by atoms with Crippen LogP contribution in [0.3, 0.4) is 0 Å². The first-order valence-electron chi connectivity index (χ1n) is 3.60. The van der Waals surface area contributed by atoms with E-state index < -0.39 is 0 Å². The summed E-state index contributed by atoms with van der Waals surface area (Å²) in [6, 6.07) is 0. The van der Waals surface area contributed by atoms with E-state index in [9.17, 15) is 4.79 Å². The second-order valence-electron chi connectivity index (χ2n) is 2.38. The molecule has 2 heterocycles. The lowest BCUT2D eigenvalue weighted by atomic mass is 10.5. The van der Waals surface area contributed by atoms with Crippen LogP contribution in [0, 0.1) is 0 Å². The third-order valence-corrected chi connectivity index (χ3v) is 2.31. The first kappa shape index (κ1) is 8.06. The monoisotopic (exact) mass is 194 g/mol. The first-order chi connectivity index (χ1) is 6.38. The minimum Gasteiger partial charge on any atom is -0.296 e. The molecule has 2 aromatic heterocycles. The fourth-order valence-electron chi connectivity index (χ4n) is 0.905. The molecular weight excluding hydrogens is 188 g/mol. The number of thiazole rings is 1. The number of nitrogens with zero attached hydrogens (tertiary/aromatic N) is 4. The predicted molar refractivity (Wildman–Crippen MR) is 46.6 cm³/mol. The van der Waals surface area contributed by atoms with E-state index in [4.69, 9.17) is 0 Å². The maximum atomic E-state index is 10.3. The van der Waals surface area contributed by atoms with Crippen LogP contribution >= 0.6 is 11.3 Å². The van der Waals surface area contributed by atoms with Crippen LogP contribution in [-0.2, 0) is 6.54 Å². The van der Waals surface area contributed by atoms with Crippen LogP contribution in [0.4, 0.5) is 0 Å². The summed E-state index contributed by atoms with van der Waals surface area (Å²) >= 11 is 1.44. The Kier molecular flexibility index (Phi) is 2.13. The Morgan fingerprint density at radius 1 is 1.62 bits per heavy atom. The highest BCUT2D eigenvalue weighted by molar-refractivity contribution is 7.09. The molecule has 0 N–H and O–H groups in total. The van der Waals surface area contributed by atoms with E-state index in [-0.39, 0.29) is 0 Å². The van der Waals surface area contributed by atoms with E-state index in [2.05, 4.69) is 15.1 Å². The van der Waals surface area contributed by atoms with Crippen LogP contribution in [0.15, 0.2) is 18.0 Å². The van der Waals surface area contributed by atoms with Gasteiger partial charge in [0.25, 0.3) is 0 Å². The van der Waals surface area contributed by atoms with Gasteiger partial charge in [0.15, 0.2) is 6.29 Å². The van der Waals surface area contributed by atoms with Gasteiger partial charge in [-0.3, -0.25) is 4.79 Å². The third-order valence-electron chi connectivity index (χ3n) is 1.45. The minimum atomic E-state index is 0.472. The van der Waals surface area contributed by atoms with Crippen molar-refractivity contribution in [3.8, 4) is 0 Å². The fraction of sp³-hybridized carbons (Fsp3) is 0.143. The van der Waals surface area contributed by atoms with Crippen molar-refractivity contribution >= 4 is 17.6 Å². The van der Waals surface area contributed by atoms with E-state index in [0.717, 1.165) is 11.3 Å². The zero-order valence-corrected chi connectivity index (χ0v) is 7.44. The zero-order valence-electron chi connectivity index (χ0n) is 6.62. The summed E-state index contributed by atoms with van der Waals surface area (Å²) in [7, 11) is 0. The van der Waals surface area contributed by atoms with Crippen molar-refractivity contribution in [1.29, 1.82) is 0 Å². The van der Waals surface area contributed by atoms with Crippen molar-refractivity contribution < 1.29 is 4.79 Å². The van der Waals surface area contributed by atoms with Gasteiger partial charge in [-0.25, -0.2) is 14.6 Å². The normalized spacial score (nSPS) is 10.2. The van der Waals surface area contributed by atoms with Gasteiger partial charge < -0.3 is 0 Å². The second-order valence-corrected chi connectivity index (χ2v) is 3.32. The van der Waals surface area contributed by atoms with E-state index in [1.165, 1.54) is 17.7 Å². The lowest BCUT2D eigenvalue weighted by molar-refractivity contribution is 0.111. The maximum absolute atomic E-state index is 10.3. The van der Waals surface area contributed by atoms with Crippen molar-refractivity contribution in [3.05, 3.63) is 28.7 Å². The molecule has 0 spiro atoms. The number of aldehydes is 1. The fourth-order valence-corrected chi connectivity index (χ4v) is 1.63. The summed E-state index contributed by atoms with van der Waals surface area (Å²) < 4.78 is 1.66. The Morgan fingerprint density at radius 3 is 3.15 bits per heavy atom. The molecule has 6 heteroatoms. The van der Waals surface area contributed by atoms with E-state index >= 15 is 0 Å². The number of hydrogen-bond acceptors (Lipinski definition) is 5. The van der Waals surface area contributed by atoms with Crippen molar-refractivity contribution in [1.82, 2.24) is 19.7 Å². The molecule has 0 bridgehead atoms. The zero-order chi connectivity index (χ0) is 9.10. The summed E-state index contributed by atoms with van der Waals surface area (Å²) in [5, 5.41) is 6.51. The van der Waals surface area contributed by atoms with Crippen molar-refractivity contribution in [3.63, 3.8) is 0 Å². The number of carbonyl (C=O) groups is 1. The van der Waals surface area contributed by atoms with Crippen LogP contribution in [0.1, 0.15) is 15.5 Å². The number of rotatable bonds is 3. The highest BCUT2D eigenvalue weighted by Crippen LogP contribution is 2.08. The molecule has 0 atom stereocenters. The smallest absolute Gasteiger partial charge is 0.169 e. The Labute approximate surface area is 78.1 Å². The number of hydrogen-bond donors (Lipinski definition) is 0. The molecule has 0 fully saturated rings. The van der Waals surface area contributed by atoms with Crippen LogP contribution in [-0.4, -0.2) is 26.0 Å². The molecule has 0 aliphatic carbocycles. The summed E-state index contributed by atoms with van der Waals surface area (Å²) in [5.74, 6) is 0. The van der Waals surface area contributed by atoms with E-state index in [1.807, 2.05) is 0 Å². The number of carbonyl (C=O) groups excluding carboxylic acids is 1. The highest BCUT2D eigenvalue weighted by Gasteiger charge is 2.01. The molecule has 0 unspecified atom stereocenters. The van der Waals surface area contributed by atoms with Gasteiger partial charge in [-0.15, -0.1) is 11.3 Å². The highest BCUT2D eigenvalue weighted by atomic mass is 32.1. The summed E-state index contributed by atoms with van der Waals surface area (Å²) in [6.07, 6.45) is 3.82. The summed E-state index contributed by atoms with van der Waals surface area (Å²) in [4.78, 5) is 18.2. The van der Waals surface area contributed by atoms with E-state index in [0.29, 0.717) is 12.2 Å².